The van der Waals surface area contributed by atoms with Crippen LogP contribution in [0.1, 0.15) is 6.42 Å². The summed E-state index contributed by atoms with van der Waals surface area (Å²) in [5, 5.41) is 6.20. The SMILES string of the molecule is CN(C)c1ccc(NCCC(=O)Nc2ccccc2Oc2ccccc2)cc1. The number of nitrogens with zero attached hydrogens (tertiary/aromatic N) is 1. The first kappa shape index (κ1) is 19.3. The fourth-order valence-electron chi connectivity index (χ4n) is 2.68. The lowest BCUT2D eigenvalue weighted by atomic mass is 10.2. The zero-order valence-corrected chi connectivity index (χ0v) is 16.2. The molecular weight excluding hydrogens is 350 g/mol. The second-order valence-corrected chi connectivity index (χ2v) is 6.58. The summed E-state index contributed by atoms with van der Waals surface area (Å²) in [6.07, 6.45) is 0.356. The number of para-hydroxylation sites is 3. The maximum Gasteiger partial charge on any atom is 0.226 e. The summed E-state index contributed by atoms with van der Waals surface area (Å²) < 4.78 is 5.88. The molecule has 0 aliphatic heterocycles. The molecule has 0 aliphatic carbocycles. The van der Waals surface area contributed by atoms with E-state index in [9.17, 15) is 4.79 Å². The number of hydrogen-bond acceptors (Lipinski definition) is 4. The van der Waals surface area contributed by atoms with Gasteiger partial charge >= 0.3 is 0 Å². The summed E-state index contributed by atoms with van der Waals surface area (Å²) >= 11 is 0. The highest BCUT2D eigenvalue weighted by Gasteiger charge is 2.08. The van der Waals surface area contributed by atoms with Crippen LogP contribution < -0.4 is 20.3 Å². The Bertz CT molecular complexity index is 893. The Morgan fingerprint density at radius 2 is 1.57 bits per heavy atom. The molecule has 0 heterocycles. The molecule has 1 amide bonds. The molecule has 28 heavy (non-hydrogen) atoms. The number of rotatable bonds is 8. The second-order valence-electron chi connectivity index (χ2n) is 6.58. The number of carbonyl (C=O) groups excluding carboxylic acids is 1. The van der Waals surface area contributed by atoms with Crippen LogP contribution in [0.25, 0.3) is 0 Å². The Morgan fingerprint density at radius 1 is 0.893 bits per heavy atom. The molecule has 3 aromatic carbocycles. The van der Waals surface area contributed by atoms with Gasteiger partial charge in [-0.1, -0.05) is 30.3 Å². The van der Waals surface area contributed by atoms with Gasteiger partial charge in [-0.05, 0) is 48.5 Å². The van der Waals surface area contributed by atoms with Gasteiger partial charge in [0, 0.05) is 38.4 Å². The normalized spacial score (nSPS) is 10.2. The van der Waals surface area contributed by atoms with E-state index in [0.717, 1.165) is 17.1 Å². The van der Waals surface area contributed by atoms with E-state index in [0.29, 0.717) is 24.4 Å². The van der Waals surface area contributed by atoms with Crippen molar-refractivity contribution in [2.45, 2.75) is 6.42 Å². The quantitative estimate of drug-likeness (QED) is 0.583. The highest BCUT2D eigenvalue weighted by Crippen LogP contribution is 2.29. The van der Waals surface area contributed by atoms with Crippen LogP contribution in [-0.2, 0) is 4.79 Å². The van der Waals surface area contributed by atoms with E-state index in [-0.39, 0.29) is 5.91 Å². The molecule has 144 valence electrons. The molecule has 3 rings (SSSR count). The van der Waals surface area contributed by atoms with Gasteiger partial charge in [-0.25, -0.2) is 0 Å². The third-order valence-corrected chi connectivity index (χ3v) is 4.20. The Hall–Kier alpha value is -3.47. The van der Waals surface area contributed by atoms with Gasteiger partial charge in [0.2, 0.25) is 5.91 Å². The zero-order chi connectivity index (χ0) is 19.8. The minimum atomic E-state index is -0.0680. The molecule has 0 saturated carbocycles. The number of ether oxygens (including phenoxy) is 1. The predicted molar refractivity (Wildman–Crippen MR) is 115 cm³/mol. The van der Waals surface area contributed by atoms with Crippen molar-refractivity contribution in [2.75, 3.05) is 36.2 Å². The third kappa shape index (κ3) is 5.51. The van der Waals surface area contributed by atoms with Crippen molar-refractivity contribution in [2.24, 2.45) is 0 Å². The zero-order valence-electron chi connectivity index (χ0n) is 16.2. The highest BCUT2D eigenvalue weighted by atomic mass is 16.5. The van der Waals surface area contributed by atoms with Crippen molar-refractivity contribution in [1.29, 1.82) is 0 Å². The van der Waals surface area contributed by atoms with Gasteiger partial charge in [0.05, 0.1) is 5.69 Å². The van der Waals surface area contributed by atoms with Gasteiger partial charge in [0.15, 0.2) is 5.75 Å². The molecule has 5 heteroatoms. The molecule has 0 unspecified atom stereocenters. The van der Waals surface area contributed by atoms with Crippen LogP contribution in [0.15, 0.2) is 78.9 Å². The maximum absolute atomic E-state index is 12.3. The van der Waals surface area contributed by atoms with E-state index in [1.54, 1.807) is 0 Å². The molecule has 0 atom stereocenters. The van der Waals surface area contributed by atoms with Crippen molar-refractivity contribution in [3.63, 3.8) is 0 Å². The minimum absolute atomic E-state index is 0.0680. The molecule has 2 N–H and O–H groups in total. The van der Waals surface area contributed by atoms with Crippen molar-refractivity contribution < 1.29 is 9.53 Å². The first-order valence-corrected chi connectivity index (χ1v) is 9.25. The number of amides is 1. The number of nitrogens with one attached hydrogen (secondary N) is 2. The fraction of sp³-hybridized carbons (Fsp3) is 0.174. The summed E-state index contributed by atoms with van der Waals surface area (Å²) in [5.41, 5.74) is 2.79. The number of hydrogen-bond donors (Lipinski definition) is 2. The van der Waals surface area contributed by atoms with Crippen molar-refractivity contribution in [3.8, 4) is 11.5 Å². The van der Waals surface area contributed by atoms with Gasteiger partial charge in [-0.2, -0.15) is 0 Å². The predicted octanol–water partition coefficient (Wildman–Crippen LogP) is 4.99. The fourth-order valence-corrected chi connectivity index (χ4v) is 2.68. The van der Waals surface area contributed by atoms with E-state index in [4.69, 9.17) is 4.74 Å². The Morgan fingerprint density at radius 3 is 2.29 bits per heavy atom. The molecule has 0 radical (unpaired) electrons. The number of anilines is 3. The maximum atomic E-state index is 12.3. The number of benzene rings is 3. The van der Waals surface area contributed by atoms with Crippen LogP contribution in [0.3, 0.4) is 0 Å². The van der Waals surface area contributed by atoms with Gasteiger partial charge in [0.1, 0.15) is 5.75 Å². The van der Waals surface area contributed by atoms with E-state index < -0.39 is 0 Å². The lowest BCUT2D eigenvalue weighted by molar-refractivity contribution is -0.116. The van der Waals surface area contributed by atoms with Gasteiger partial charge < -0.3 is 20.3 Å². The number of carbonyl (C=O) groups is 1. The van der Waals surface area contributed by atoms with E-state index in [2.05, 4.69) is 10.6 Å². The summed E-state index contributed by atoms with van der Waals surface area (Å²) in [6.45, 7) is 0.550. The van der Waals surface area contributed by atoms with Crippen molar-refractivity contribution in [1.82, 2.24) is 0 Å². The van der Waals surface area contributed by atoms with Crippen molar-refractivity contribution in [3.05, 3.63) is 78.9 Å². The smallest absolute Gasteiger partial charge is 0.226 e. The molecule has 0 saturated heterocycles. The van der Waals surface area contributed by atoms with Crippen LogP contribution >= 0.6 is 0 Å². The summed E-state index contributed by atoms with van der Waals surface area (Å²) in [4.78, 5) is 14.4. The lowest BCUT2D eigenvalue weighted by Crippen LogP contribution is -2.16. The van der Waals surface area contributed by atoms with Crippen LogP contribution in [0.4, 0.5) is 17.1 Å². The van der Waals surface area contributed by atoms with Crippen LogP contribution in [-0.4, -0.2) is 26.5 Å². The molecule has 0 bridgehead atoms. The highest BCUT2D eigenvalue weighted by molar-refractivity contribution is 5.92. The largest absolute Gasteiger partial charge is 0.455 e. The molecular formula is C23H25N3O2. The standard InChI is InChI=1S/C23H25N3O2/c1-26(2)19-14-12-18(13-15-19)24-17-16-23(27)25-21-10-6-7-11-22(21)28-20-8-4-3-5-9-20/h3-15,24H,16-17H2,1-2H3,(H,25,27). The summed E-state index contributed by atoms with van der Waals surface area (Å²) in [5.74, 6) is 1.28. The van der Waals surface area contributed by atoms with Gasteiger partial charge in [0.25, 0.3) is 0 Å². The summed E-state index contributed by atoms with van der Waals surface area (Å²) in [6, 6.07) is 25.0. The molecule has 5 nitrogen and oxygen atoms in total. The average Bonchev–Trinajstić information content (AvgIpc) is 2.71. The minimum Gasteiger partial charge on any atom is -0.455 e. The van der Waals surface area contributed by atoms with Gasteiger partial charge in [-0.15, -0.1) is 0 Å². The van der Waals surface area contributed by atoms with Crippen LogP contribution in [0, 0.1) is 0 Å². The van der Waals surface area contributed by atoms with Crippen molar-refractivity contribution >= 4 is 23.0 Å². The molecule has 0 fully saturated rings. The Labute approximate surface area is 166 Å². The average molecular weight is 375 g/mol. The molecule has 0 aliphatic rings. The lowest BCUT2D eigenvalue weighted by Gasteiger charge is -2.14. The monoisotopic (exact) mass is 375 g/mol. The van der Waals surface area contributed by atoms with E-state index in [1.165, 1.54) is 0 Å². The first-order valence-electron chi connectivity index (χ1n) is 9.25. The third-order valence-electron chi connectivity index (χ3n) is 4.20. The van der Waals surface area contributed by atoms with Crippen LogP contribution in [0.2, 0.25) is 0 Å². The van der Waals surface area contributed by atoms with Gasteiger partial charge in [-0.3, -0.25) is 4.79 Å². The van der Waals surface area contributed by atoms with E-state index >= 15 is 0 Å². The Balaban J connectivity index is 1.52. The first-order chi connectivity index (χ1) is 13.6. The molecule has 0 aromatic heterocycles. The van der Waals surface area contributed by atoms with Crippen LogP contribution in [0.5, 0.6) is 11.5 Å². The molecule has 0 spiro atoms. The summed E-state index contributed by atoms with van der Waals surface area (Å²) in [7, 11) is 4.01. The Kier molecular flexibility index (Phi) is 6.52. The van der Waals surface area contributed by atoms with E-state index in [1.807, 2.05) is 97.9 Å². The second kappa shape index (κ2) is 9.46. The topological polar surface area (TPSA) is 53.6 Å². The molecule has 3 aromatic rings.